The number of rotatable bonds is 5. The highest BCUT2D eigenvalue weighted by Crippen LogP contribution is 2.26. The van der Waals surface area contributed by atoms with Gasteiger partial charge >= 0.3 is 0 Å². The van der Waals surface area contributed by atoms with E-state index in [-0.39, 0.29) is 0 Å². The Morgan fingerprint density at radius 2 is 2.00 bits per heavy atom. The van der Waals surface area contributed by atoms with Crippen LogP contribution >= 0.6 is 23.0 Å². The summed E-state index contributed by atoms with van der Waals surface area (Å²) in [5.41, 5.74) is 0. The highest BCUT2D eigenvalue weighted by Gasteiger charge is 2.25. The van der Waals surface area contributed by atoms with Crippen LogP contribution in [0.25, 0.3) is 0 Å². The Morgan fingerprint density at radius 3 is 2.54 bits per heavy atom. The smallest absolute Gasteiger partial charge is 0.110 e. The minimum absolute atomic E-state index is 0.435. The molecule has 3 heteroatoms. The first-order chi connectivity index (χ1) is 6.22. The molecule has 1 fully saturated rings. The van der Waals surface area contributed by atoms with Gasteiger partial charge in [-0.15, -0.1) is 0 Å². The molecule has 0 aromatic carbocycles. The molecule has 0 aromatic rings. The minimum Gasteiger partial charge on any atom is -0.378 e. The van der Waals surface area contributed by atoms with E-state index in [0.717, 1.165) is 25.4 Å². The van der Waals surface area contributed by atoms with E-state index in [1.165, 1.54) is 12.8 Å². The number of halogens is 1. The van der Waals surface area contributed by atoms with Crippen LogP contribution in [0, 0.1) is 5.92 Å². The fourth-order valence-corrected chi connectivity index (χ4v) is 2.07. The van der Waals surface area contributed by atoms with Crippen molar-refractivity contribution < 1.29 is 7.80 Å². The van der Waals surface area contributed by atoms with Crippen molar-refractivity contribution in [3.05, 3.63) is 0 Å². The predicted octanol–water partition coefficient (Wildman–Crippen LogP) is 3.34. The fourth-order valence-electron chi connectivity index (χ4n) is 1.60. The van der Waals surface area contributed by atoms with Gasteiger partial charge in [0.1, 0.15) is 23.0 Å². The molecule has 2 unspecified atom stereocenters. The second kappa shape index (κ2) is 6.19. The zero-order valence-electron chi connectivity index (χ0n) is 8.46. The number of hydrogen-bond donors (Lipinski definition) is 0. The lowest BCUT2D eigenvalue weighted by atomic mass is 10.1. The Hall–Kier alpha value is 0.650. The van der Waals surface area contributed by atoms with Gasteiger partial charge in [-0.2, -0.15) is 0 Å². The number of hydrogen-bond acceptors (Lipinski definition) is 2. The Morgan fingerprint density at radius 1 is 1.31 bits per heavy atom. The zero-order valence-corrected chi connectivity index (χ0v) is 10.6. The van der Waals surface area contributed by atoms with Gasteiger partial charge in [0, 0.05) is 13.0 Å². The molecule has 0 radical (unpaired) electrons. The highest BCUT2D eigenvalue weighted by atomic mass is 127. The Labute approximate surface area is 95.1 Å². The van der Waals surface area contributed by atoms with Crippen LogP contribution in [0.2, 0.25) is 0 Å². The summed E-state index contributed by atoms with van der Waals surface area (Å²) in [5.74, 6) is 0.748. The second-order valence-corrected chi connectivity index (χ2v) is 4.71. The molecular weight excluding hydrogens is 279 g/mol. The third-order valence-corrected chi connectivity index (χ3v) is 3.23. The monoisotopic (exact) mass is 298 g/mol. The molecule has 0 aromatic heterocycles. The molecule has 13 heavy (non-hydrogen) atoms. The molecule has 2 nitrogen and oxygen atoms in total. The van der Waals surface area contributed by atoms with Gasteiger partial charge in [0.05, 0.1) is 12.2 Å². The van der Waals surface area contributed by atoms with Crippen molar-refractivity contribution in [2.45, 2.75) is 51.7 Å². The molecular formula is C10H19IO2. The van der Waals surface area contributed by atoms with Crippen molar-refractivity contribution in [1.82, 2.24) is 0 Å². The maximum atomic E-state index is 5.76. The summed E-state index contributed by atoms with van der Waals surface area (Å²) < 4.78 is 11.0. The van der Waals surface area contributed by atoms with E-state index in [1.54, 1.807) is 0 Å². The lowest BCUT2D eigenvalue weighted by Gasteiger charge is -2.12. The maximum Gasteiger partial charge on any atom is 0.110 e. The van der Waals surface area contributed by atoms with Gasteiger partial charge in [-0.3, -0.25) is 0 Å². The van der Waals surface area contributed by atoms with Crippen LogP contribution < -0.4 is 0 Å². The van der Waals surface area contributed by atoms with E-state index < -0.39 is 0 Å². The average molecular weight is 298 g/mol. The molecule has 0 saturated heterocycles. The van der Waals surface area contributed by atoms with Crippen molar-refractivity contribution in [2.75, 3.05) is 6.61 Å². The average Bonchev–Trinajstić information content (AvgIpc) is 2.52. The Balaban J connectivity index is 2.03. The lowest BCUT2D eigenvalue weighted by Crippen LogP contribution is -2.12. The summed E-state index contributed by atoms with van der Waals surface area (Å²) in [5, 5.41) is 0. The molecule has 1 saturated carbocycles. The largest absolute Gasteiger partial charge is 0.378 e. The van der Waals surface area contributed by atoms with E-state index >= 15 is 0 Å². The molecule has 0 spiro atoms. The Kier molecular flexibility index (Phi) is 5.58. The first kappa shape index (κ1) is 11.7. The van der Waals surface area contributed by atoms with Crippen molar-refractivity contribution in [3.8, 4) is 0 Å². The Bertz CT molecular complexity index is 139. The summed E-state index contributed by atoms with van der Waals surface area (Å²) in [4.78, 5) is 0. The predicted molar refractivity (Wildman–Crippen MR) is 61.9 cm³/mol. The molecule has 1 aliphatic carbocycles. The molecule has 0 bridgehead atoms. The summed E-state index contributed by atoms with van der Waals surface area (Å²) in [7, 11) is 0. The van der Waals surface area contributed by atoms with Gasteiger partial charge in [0.25, 0.3) is 0 Å². The molecule has 1 rings (SSSR count). The highest BCUT2D eigenvalue weighted by molar-refractivity contribution is 14.1. The molecule has 0 heterocycles. The first-order valence-electron chi connectivity index (χ1n) is 5.11. The molecule has 2 atom stereocenters. The summed E-state index contributed by atoms with van der Waals surface area (Å²) in [6.07, 6.45) is 5.48. The topological polar surface area (TPSA) is 18.5 Å². The SMILES string of the molecule is CC(C)CCOC1CCC(OI)C1. The maximum absolute atomic E-state index is 5.76. The van der Waals surface area contributed by atoms with Gasteiger partial charge in [-0.25, -0.2) is 0 Å². The van der Waals surface area contributed by atoms with Crippen LogP contribution in [-0.4, -0.2) is 18.8 Å². The van der Waals surface area contributed by atoms with Crippen molar-refractivity contribution in [3.63, 3.8) is 0 Å². The van der Waals surface area contributed by atoms with Crippen molar-refractivity contribution in [2.24, 2.45) is 5.92 Å². The lowest BCUT2D eigenvalue weighted by molar-refractivity contribution is 0.0462. The first-order valence-corrected chi connectivity index (χ1v) is 5.99. The van der Waals surface area contributed by atoms with Crippen LogP contribution in [-0.2, 0) is 7.80 Å². The van der Waals surface area contributed by atoms with E-state index in [0.29, 0.717) is 12.2 Å². The van der Waals surface area contributed by atoms with Crippen molar-refractivity contribution in [1.29, 1.82) is 0 Å². The molecule has 0 amide bonds. The van der Waals surface area contributed by atoms with Gasteiger partial charge in [0.15, 0.2) is 0 Å². The fraction of sp³-hybridized carbons (Fsp3) is 1.00. The normalized spacial score (nSPS) is 28.6. The zero-order chi connectivity index (χ0) is 9.68. The third-order valence-electron chi connectivity index (χ3n) is 2.51. The number of ether oxygens (including phenoxy) is 1. The van der Waals surface area contributed by atoms with Crippen LogP contribution in [0.5, 0.6) is 0 Å². The van der Waals surface area contributed by atoms with Gasteiger partial charge in [-0.1, -0.05) is 13.8 Å². The molecule has 1 aliphatic rings. The standard InChI is InChI=1S/C10H19IO2/c1-8(2)5-6-12-9-3-4-10(7-9)13-11/h8-10H,3-7H2,1-2H3. The second-order valence-electron chi connectivity index (χ2n) is 4.20. The van der Waals surface area contributed by atoms with Crippen LogP contribution in [0.4, 0.5) is 0 Å². The van der Waals surface area contributed by atoms with E-state index in [9.17, 15) is 0 Å². The van der Waals surface area contributed by atoms with Crippen LogP contribution in [0.1, 0.15) is 39.5 Å². The van der Waals surface area contributed by atoms with Crippen LogP contribution in [0.3, 0.4) is 0 Å². The van der Waals surface area contributed by atoms with Gasteiger partial charge in [0.2, 0.25) is 0 Å². The van der Waals surface area contributed by atoms with Gasteiger partial charge < -0.3 is 7.80 Å². The quantitative estimate of drug-likeness (QED) is 0.725. The molecule has 0 N–H and O–H groups in total. The third kappa shape index (κ3) is 4.61. The van der Waals surface area contributed by atoms with E-state index in [1.807, 2.05) is 23.0 Å². The molecule has 0 aliphatic heterocycles. The van der Waals surface area contributed by atoms with Crippen molar-refractivity contribution >= 4 is 23.0 Å². The van der Waals surface area contributed by atoms with Gasteiger partial charge in [-0.05, 0) is 25.2 Å². The summed E-state index contributed by atoms with van der Waals surface area (Å²) in [6, 6.07) is 0. The summed E-state index contributed by atoms with van der Waals surface area (Å²) in [6.45, 7) is 5.37. The van der Waals surface area contributed by atoms with E-state index in [2.05, 4.69) is 13.8 Å². The molecule has 78 valence electrons. The summed E-state index contributed by atoms with van der Waals surface area (Å²) >= 11 is 1.99. The minimum atomic E-state index is 0.435. The van der Waals surface area contributed by atoms with E-state index in [4.69, 9.17) is 7.80 Å². The van der Waals surface area contributed by atoms with Crippen LogP contribution in [0.15, 0.2) is 0 Å².